The fourth-order valence-electron chi connectivity index (χ4n) is 3.46. The first-order valence-corrected chi connectivity index (χ1v) is 10.3. The molecule has 2 aromatic carbocycles. The highest BCUT2D eigenvalue weighted by atomic mass is 16.2. The minimum Gasteiger partial charge on any atom is -0.340 e. The normalized spacial score (nSPS) is 11.9. The number of hydrogen-bond acceptors (Lipinski definition) is 3. The summed E-state index contributed by atoms with van der Waals surface area (Å²) < 4.78 is 3.21. The monoisotopic (exact) mass is 420 g/mol. The maximum Gasteiger partial charge on any atom is 0.295 e. The van der Waals surface area contributed by atoms with Crippen molar-refractivity contribution >= 4 is 17.5 Å². The van der Waals surface area contributed by atoms with Gasteiger partial charge in [0.15, 0.2) is 0 Å². The Morgan fingerprint density at radius 2 is 1.55 bits per heavy atom. The van der Waals surface area contributed by atoms with Crippen molar-refractivity contribution in [2.24, 2.45) is 13.0 Å². The van der Waals surface area contributed by atoms with Crippen LogP contribution < -0.4 is 16.2 Å². The van der Waals surface area contributed by atoms with Gasteiger partial charge in [-0.05, 0) is 43.5 Å². The van der Waals surface area contributed by atoms with Crippen LogP contribution in [0.5, 0.6) is 0 Å². The van der Waals surface area contributed by atoms with Crippen LogP contribution in [0.4, 0.5) is 5.69 Å². The number of rotatable bonds is 7. The van der Waals surface area contributed by atoms with Crippen molar-refractivity contribution in [3.8, 4) is 5.69 Å². The molecule has 0 aliphatic carbocycles. The van der Waals surface area contributed by atoms with E-state index in [0.717, 1.165) is 0 Å². The molecule has 0 saturated heterocycles. The van der Waals surface area contributed by atoms with Crippen LogP contribution in [0.2, 0.25) is 0 Å². The summed E-state index contributed by atoms with van der Waals surface area (Å²) in [5, 5.41) is 5.57. The van der Waals surface area contributed by atoms with E-state index in [1.165, 1.54) is 4.68 Å². The molecule has 2 amide bonds. The van der Waals surface area contributed by atoms with E-state index in [-0.39, 0.29) is 23.1 Å². The van der Waals surface area contributed by atoms with Crippen molar-refractivity contribution in [2.45, 2.75) is 33.2 Å². The molecule has 1 aromatic heterocycles. The first-order valence-electron chi connectivity index (χ1n) is 10.3. The molecule has 1 heterocycles. The second-order valence-electron chi connectivity index (χ2n) is 7.95. The van der Waals surface area contributed by atoms with E-state index in [9.17, 15) is 14.4 Å². The molecular weight excluding hydrogens is 392 g/mol. The first-order chi connectivity index (χ1) is 14.8. The molecule has 0 saturated carbocycles. The standard InChI is InChI=1S/C24H28N4O3/c1-16(2)15-20(25-22(29)18-11-7-5-8-12-18)23(30)26-21-17(3)27(4)28(24(21)31)19-13-9-6-10-14-19/h5-14,16,20H,15H2,1-4H3,(H,25,29)(H,26,30). The average molecular weight is 421 g/mol. The van der Waals surface area contributed by atoms with Crippen molar-refractivity contribution in [3.63, 3.8) is 0 Å². The summed E-state index contributed by atoms with van der Waals surface area (Å²) >= 11 is 0. The predicted octanol–water partition coefficient (Wildman–Crippen LogP) is 3.27. The molecule has 3 rings (SSSR count). The fraction of sp³-hybridized carbons (Fsp3) is 0.292. The molecule has 1 unspecified atom stereocenters. The molecular formula is C24H28N4O3. The number of benzene rings is 2. The number of nitrogens with one attached hydrogen (secondary N) is 2. The molecule has 0 radical (unpaired) electrons. The van der Waals surface area contributed by atoms with Gasteiger partial charge >= 0.3 is 0 Å². The molecule has 0 aliphatic rings. The number of anilines is 1. The van der Waals surface area contributed by atoms with Crippen molar-refractivity contribution < 1.29 is 9.59 Å². The first kappa shape index (κ1) is 22.1. The maximum absolute atomic E-state index is 13.1. The number of hydrogen-bond donors (Lipinski definition) is 2. The summed E-state index contributed by atoms with van der Waals surface area (Å²) in [6.07, 6.45) is 0.448. The van der Waals surface area contributed by atoms with Crippen molar-refractivity contribution in [3.05, 3.63) is 82.3 Å². The Kier molecular flexibility index (Phi) is 6.74. The van der Waals surface area contributed by atoms with E-state index in [1.54, 1.807) is 42.9 Å². The number of amides is 2. The third-order valence-electron chi connectivity index (χ3n) is 5.17. The molecule has 1 atom stereocenters. The Hall–Kier alpha value is -3.61. The lowest BCUT2D eigenvalue weighted by Gasteiger charge is -2.20. The highest BCUT2D eigenvalue weighted by Gasteiger charge is 2.25. The number of carbonyl (C=O) groups excluding carboxylic acids is 2. The second kappa shape index (κ2) is 9.47. The van der Waals surface area contributed by atoms with Crippen LogP contribution in [0.3, 0.4) is 0 Å². The molecule has 0 fully saturated rings. The third kappa shape index (κ3) is 4.94. The van der Waals surface area contributed by atoms with Crippen LogP contribution in [0, 0.1) is 12.8 Å². The Morgan fingerprint density at radius 3 is 2.13 bits per heavy atom. The van der Waals surface area contributed by atoms with Crippen LogP contribution >= 0.6 is 0 Å². The zero-order valence-corrected chi connectivity index (χ0v) is 18.3. The van der Waals surface area contributed by atoms with Gasteiger partial charge in [-0.1, -0.05) is 50.2 Å². The highest BCUT2D eigenvalue weighted by molar-refractivity contribution is 6.01. The van der Waals surface area contributed by atoms with Gasteiger partial charge in [-0.15, -0.1) is 0 Å². The van der Waals surface area contributed by atoms with Crippen molar-refractivity contribution in [2.75, 3.05) is 5.32 Å². The number of aromatic nitrogens is 2. The van der Waals surface area contributed by atoms with Gasteiger partial charge in [-0.2, -0.15) is 0 Å². The van der Waals surface area contributed by atoms with E-state index < -0.39 is 11.9 Å². The summed E-state index contributed by atoms with van der Waals surface area (Å²) in [7, 11) is 1.77. The van der Waals surface area contributed by atoms with Crippen molar-refractivity contribution in [1.82, 2.24) is 14.7 Å². The fourth-order valence-corrected chi connectivity index (χ4v) is 3.46. The average Bonchev–Trinajstić information content (AvgIpc) is 2.97. The molecule has 3 aromatic rings. The zero-order valence-electron chi connectivity index (χ0n) is 18.3. The molecule has 2 N–H and O–H groups in total. The SMILES string of the molecule is Cc1c(NC(=O)C(CC(C)C)NC(=O)c2ccccc2)c(=O)n(-c2ccccc2)n1C. The van der Waals surface area contributed by atoms with Crippen LogP contribution in [0.1, 0.15) is 36.3 Å². The van der Waals surface area contributed by atoms with Gasteiger partial charge in [0, 0.05) is 12.6 Å². The van der Waals surface area contributed by atoms with Gasteiger partial charge in [0.05, 0.1) is 11.4 Å². The molecule has 0 aliphatic heterocycles. The lowest BCUT2D eigenvalue weighted by atomic mass is 10.0. The largest absolute Gasteiger partial charge is 0.340 e. The molecule has 0 bridgehead atoms. The number of nitrogens with zero attached hydrogens (tertiary/aromatic N) is 2. The van der Waals surface area contributed by atoms with Gasteiger partial charge in [0.1, 0.15) is 11.7 Å². The van der Waals surface area contributed by atoms with Gasteiger partial charge in [0.2, 0.25) is 5.91 Å². The van der Waals surface area contributed by atoms with Crippen LogP contribution in [-0.4, -0.2) is 27.2 Å². The van der Waals surface area contributed by atoms with E-state index in [1.807, 2.05) is 50.2 Å². The molecule has 31 heavy (non-hydrogen) atoms. The van der Waals surface area contributed by atoms with Crippen molar-refractivity contribution in [1.29, 1.82) is 0 Å². The molecule has 162 valence electrons. The Labute approximate surface area is 181 Å². The van der Waals surface area contributed by atoms with Gasteiger partial charge in [-0.3, -0.25) is 19.1 Å². The number of para-hydroxylation sites is 1. The lowest BCUT2D eigenvalue weighted by molar-refractivity contribution is -0.118. The summed E-state index contributed by atoms with van der Waals surface area (Å²) in [5.74, 6) is -0.568. The second-order valence-corrected chi connectivity index (χ2v) is 7.95. The van der Waals surface area contributed by atoms with E-state index in [4.69, 9.17) is 0 Å². The summed E-state index contributed by atoms with van der Waals surface area (Å²) in [4.78, 5) is 38.8. The summed E-state index contributed by atoms with van der Waals surface area (Å²) in [6, 6.07) is 17.2. The van der Waals surface area contributed by atoms with Crippen LogP contribution in [0.25, 0.3) is 5.69 Å². The van der Waals surface area contributed by atoms with E-state index in [2.05, 4.69) is 10.6 Å². The topological polar surface area (TPSA) is 85.1 Å². The minimum atomic E-state index is -0.767. The highest BCUT2D eigenvalue weighted by Crippen LogP contribution is 2.15. The minimum absolute atomic E-state index is 0.171. The van der Waals surface area contributed by atoms with Crippen LogP contribution in [-0.2, 0) is 11.8 Å². The van der Waals surface area contributed by atoms with Crippen LogP contribution in [0.15, 0.2) is 65.5 Å². The summed E-state index contributed by atoms with van der Waals surface area (Å²) in [5.41, 5.74) is 1.69. The maximum atomic E-state index is 13.1. The third-order valence-corrected chi connectivity index (χ3v) is 5.17. The Bertz CT molecular complexity index is 1110. The molecule has 0 spiro atoms. The van der Waals surface area contributed by atoms with E-state index in [0.29, 0.717) is 23.4 Å². The molecule has 7 nitrogen and oxygen atoms in total. The summed E-state index contributed by atoms with van der Waals surface area (Å²) in [6.45, 7) is 5.73. The lowest BCUT2D eigenvalue weighted by Crippen LogP contribution is -2.45. The Balaban J connectivity index is 1.87. The predicted molar refractivity (Wildman–Crippen MR) is 122 cm³/mol. The molecule has 7 heteroatoms. The quantitative estimate of drug-likeness (QED) is 0.615. The van der Waals surface area contributed by atoms with Gasteiger partial charge in [0.25, 0.3) is 11.5 Å². The van der Waals surface area contributed by atoms with E-state index >= 15 is 0 Å². The smallest absolute Gasteiger partial charge is 0.295 e. The van der Waals surface area contributed by atoms with Gasteiger partial charge in [-0.25, -0.2) is 4.68 Å². The zero-order chi connectivity index (χ0) is 22.5. The Morgan fingerprint density at radius 1 is 0.968 bits per heavy atom. The van der Waals surface area contributed by atoms with Gasteiger partial charge < -0.3 is 10.6 Å². The number of carbonyl (C=O) groups is 2.